The molecule has 0 fully saturated rings. The highest BCUT2D eigenvalue weighted by atomic mass is 15.0. The minimum atomic E-state index is 0.602. The molecule has 2 heterocycles. The van der Waals surface area contributed by atoms with Gasteiger partial charge in [-0.05, 0) is 12.5 Å². The van der Waals surface area contributed by atoms with Crippen LogP contribution in [0.15, 0.2) is 24.3 Å². The summed E-state index contributed by atoms with van der Waals surface area (Å²) in [6.45, 7) is 3.79. The molecule has 0 spiro atoms. The topological polar surface area (TPSA) is 63.8 Å². The van der Waals surface area contributed by atoms with Gasteiger partial charge in [-0.15, -0.1) is 0 Å². The van der Waals surface area contributed by atoms with Crippen LogP contribution in [0.3, 0.4) is 0 Å². The van der Waals surface area contributed by atoms with Crippen LogP contribution in [-0.4, -0.2) is 16.5 Å². The molecule has 0 saturated carbocycles. The molecule has 18 heavy (non-hydrogen) atoms. The van der Waals surface area contributed by atoms with Crippen molar-refractivity contribution in [2.75, 3.05) is 12.3 Å². The first kappa shape index (κ1) is 11.2. The van der Waals surface area contributed by atoms with E-state index in [0.29, 0.717) is 5.82 Å². The SMILES string of the molecule is Cc1ccccc1-c1nc(N)c2c(n1)CCNC2. The van der Waals surface area contributed by atoms with E-state index in [1.54, 1.807) is 0 Å². The van der Waals surface area contributed by atoms with Gasteiger partial charge in [-0.2, -0.15) is 0 Å². The van der Waals surface area contributed by atoms with E-state index in [1.165, 1.54) is 5.56 Å². The van der Waals surface area contributed by atoms with E-state index in [0.717, 1.165) is 42.2 Å². The minimum Gasteiger partial charge on any atom is -0.383 e. The Morgan fingerprint density at radius 3 is 2.89 bits per heavy atom. The van der Waals surface area contributed by atoms with Gasteiger partial charge in [0.05, 0.1) is 5.69 Å². The Kier molecular flexibility index (Phi) is 2.72. The maximum atomic E-state index is 6.04. The number of nitrogens with zero attached hydrogens (tertiary/aromatic N) is 2. The fourth-order valence-corrected chi connectivity index (χ4v) is 2.31. The van der Waals surface area contributed by atoms with Crippen LogP contribution < -0.4 is 11.1 Å². The molecule has 0 amide bonds. The second-order valence-corrected chi connectivity index (χ2v) is 4.60. The third kappa shape index (κ3) is 1.84. The molecule has 0 aliphatic carbocycles. The van der Waals surface area contributed by atoms with Crippen LogP contribution in [0.2, 0.25) is 0 Å². The first-order chi connectivity index (χ1) is 8.75. The molecule has 0 bridgehead atoms. The van der Waals surface area contributed by atoms with Gasteiger partial charge in [-0.3, -0.25) is 0 Å². The summed E-state index contributed by atoms with van der Waals surface area (Å²) in [5.74, 6) is 1.34. The van der Waals surface area contributed by atoms with Gasteiger partial charge in [0.25, 0.3) is 0 Å². The maximum Gasteiger partial charge on any atom is 0.162 e. The van der Waals surface area contributed by atoms with Crippen molar-refractivity contribution in [3.05, 3.63) is 41.1 Å². The van der Waals surface area contributed by atoms with Crippen molar-refractivity contribution < 1.29 is 0 Å². The minimum absolute atomic E-state index is 0.602. The van der Waals surface area contributed by atoms with E-state index in [2.05, 4.69) is 28.3 Å². The normalized spacial score (nSPS) is 14.3. The molecule has 1 aliphatic heterocycles. The lowest BCUT2D eigenvalue weighted by molar-refractivity contribution is 0.629. The average molecular weight is 240 g/mol. The van der Waals surface area contributed by atoms with Gasteiger partial charge in [0, 0.05) is 30.6 Å². The molecule has 4 heteroatoms. The monoisotopic (exact) mass is 240 g/mol. The smallest absolute Gasteiger partial charge is 0.162 e. The third-order valence-electron chi connectivity index (χ3n) is 3.35. The summed E-state index contributed by atoms with van der Waals surface area (Å²) in [7, 11) is 0. The van der Waals surface area contributed by atoms with Gasteiger partial charge in [0.1, 0.15) is 5.82 Å². The van der Waals surface area contributed by atoms with Gasteiger partial charge in [0.2, 0.25) is 0 Å². The van der Waals surface area contributed by atoms with Crippen molar-refractivity contribution in [3.63, 3.8) is 0 Å². The van der Waals surface area contributed by atoms with Crippen molar-refractivity contribution in [1.29, 1.82) is 0 Å². The number of fused-ring (bicyclic) bond motifs is 1. The molecule has 2 aromatic rings. The second kappa shape index (κ2) is 4.38. The van der Waals surface area contributed by atoms with Crippen molar-refractivity contribution in [1.82, 2.24) is 15.3 Å². The molecule has 92 valence electrons. The number of benzene rings is 1. The lowest BCUT2D eigenvalue weighted by Crippen LogP contribution is -2.26. The van der Waals surface area contributed by atoms with Crippen LogP contribution in [0.1, 0.15) is 16.8 Å². The zero-order chi connectivity index (χ0) is 12.5. The summed E-state index contributed by atoms with van der Waals surface area (Å²) in [4.78, 5) is 9.12. The van der Waals surface area contributed by atoms with Crippen molar-refractivity contribution in [2.24, 2.45) is 0 Å². The van der Waals surface area contributed by atoms with Crippen LogP contribution in [0, 0.1) is 6.92 Å². The average Bonchev–Trinajstić information content (AvgIpc) is 2.39. The lowest BCUT2D eigenvalue weighted by atomic mass is 10.1. The summed E-state index contributed by atoms with van der Waals surface area (Å²) in [6, 6.07) is 8.13. The molecule has 0 unspecified atom stereocenters. The lowest BCUT2D eigenvalue weighted by Gasteiger charge is -2.18. The van der Waals surface area contributed by atoms with Crippen LogP contribution in [0.5, 0.6) is 0 Å². The molecule has 3 N–H and O–H groups in total. The number of hydrogen-bond acceptors (Lipinski definition) is 4. The number of nitrogens with two attached hydrogens (primary N) is 1. The molecule has 0 radical (unpaired) electrons. The number of nitrogen functional groups attached to an aromatic ring is 1. The van der Waals surface area contributed by atoms with Crippen LogP contribution >= 0.6 is 0 Å². The van der Waals surface area contributed by atoms with E-state index < -0.39 is 0 Å². The van der Waals surface area contributed by atoms with Gasteiger partial charge < -0.3 is 11.1 Å². The molecular formula is C14H16N4. The molecule has 4 nitrogen and oxygen atoms in total. The number of rotatable bonds is 1. The zero-order valence-corrected chi connectivity index (χ0v) is 10.4. The van der Waals surface area contributed by atoms with E-state index in [4.69, 9.17) is 5.73 Å². The highest BCUT2D eigenvalue weighted by molar-refractivity contribution is 5.62. The number of aryl methyl sites for hydroxylation is 1. The Hall–Kier alpha value is -1.94. The standard InChI is InChI=1S/C14H16N4/c1-9-4-2-3-5-10(9)14-17-12-6-7-16-8-11(12)13(15)18-14/h2-5,16H,6-8H2,1H3,(H2,15,17,18). The van der Waals surface area contributed by atoms with E-state index in [1.807, 2.05) is 18.2 Å². The molecular weight excluding hydrogens is 224 g/mol. The first-order valence-corrected chi connectivity index (χ1v) is 6.17. The van der Waals surface area contributed by atoms with Crippen LogP contribution in [0.4, 0.5) is 5.82 Å². The Bertz CT molecular complexity index is 592. The quantitative estimate of drug-likeness (QED) is 0.796. The fraction of sp³-hybridized carbons (Fsp3) is 0.286. The van der Waals surface area contributed by atoms with Crippen LogP contribution in [0.25, 0.3) is 11.4 Å². The Morgan fingerprint density at radius 2 is 2.06 bits per heavy atom. The Balaban J connectivity index is 2.14. The summed E-state index contributed by atoms with van der Waals surface area (Å²) in [5.41, 5.74) is 10.4. The highest BCUT2D eigenvalue weighted by Gasteiger charge is 2.16. The number of anilines is 1. The van der Waals surface area contributed by atoms with Gasteiger partial charge in [0.15, 0.2) is 5.82 Å². The molecule has 1 aliphatic rings. The molecule has 0 atom stereocenters. The predicted octanol–water partition coefficient (Wildman–Crippen LogP) is 1.68. The summed E-state index contributed by atoms with van der Waals surface area (Å²) >= 11 is 0. The van der Waals surface area contributed by atoms with Gasteiger partial charge in [-0.1, -0.05) is 24.3 Å². The molecule has 1 aromatic carbocycles. The highest BCUT2D eigenvalue weighted by Crippen LogP contribution is 2.24. The van der Waals surface area contributed by atoms with E-state index in [-0.39, 0.29) is 0 Å². The summed E-state index contributed by atoms with van der Waals surface area (Å²) < 4.78 is 0. The maximum absolute atomic E-state index is 6.04. The van der Waals surface area contributed by atoms with E-state index in [9.17, 15) is 0 Å². The van der Waals surface area contributed by atoms with E-state index >= 15 is 0 Å². The molecule has 0 saturated heterocycles. The number of hydrogen-bond donors (Lipinski definition) is 2. The fourth-order valence-electron chi connectivity index (χ4n) is 2.31. The third-order valence-corrected chi connectivity index (χ3v) is 3.35. The molecule has 3 rings (SSSR count). The Morgan fingerprint density at radius 1 is 1.22 bits per heavy atom. The first-order valence-electron chi connectivity index (χ1n) is 6.17. The van der Waals surface area contributed by atoms with Crippen molar-refractivity contribution in [3.8, 4) is 11.4 Å². The second-order valence-electron chi connectivity index (χ2n) is 4.60. The van der Waals surface area contributed by atoms with Crippen molar-refractivity contribution in [2.45, 2.75) is 19.9 Å². The zero-order valence-electron chi connectivity index (χ0n) is 10.4. The summed E-state index contributed by atoms with van der Waals surface area (Å²) in [6.07, 6.45) is 0.918. The molecule has 1 aromatic heterocycles. The Labute approximate surface area is 106 Å². The number of nitrogens with one attached hydrogen (secondary N) is 1. The largest absolute Gasteiger partial charge is 0.383 e. The van der Waals surface area contributed by atoms with Gasteiger partial charge >= 0.3 is 0 Å². The van der Waals surface area contributed by atoms with Crippen LogP contribution in [-0.2, 0) is 13.0 Å². The van der Waals surface area contributed by atoms with Gasteiger partial charge in [-0.25, -0.2) is 9.97 Å². The van der Waals surface area contributed by atoms with Crippen molar-refractivity contribution >= 4 is 5.82 Å². The predicted molar refractivity (Wildman–Crippen MR) is 72.0 cm³/mol. The number of aromatic nitrogens is 2. The summed E-state index contributed by atoms with van der Waals surface area (Å²) in [5, 5.41) is 3.29.